The van der Waals surface area contributed by atoms with Crippen LogP contribution in [0.1, 0.15) is 335 Å². The third kappa shape index (κ3) is 45.4. The topological polar surface area (TPSA) is 307 Å². The van der Waals surface area contributed by atoms with Gasteiger partial charge in [0.1, 0.15) is 73.2 Å². The second-order valence-corrected chi connectivity index (χ2v) is 30.3. The van der Waals surface area contributed by atoms with Crippen molar-refractivity contribution in [2.45, 2.75) is 439 Å². The first-order chi connectivity index (χ1) is 51.3. The molecule has 3 heterocycles. The Morgan fingerprint density at radius 3 is 1.07 bits per heavy atom. The minimum Gasteiger partial charge on any atom is -0.394 e. The minimum atomic E-state index is -1.98. The second kappa shape index (κ2) is 65.9. The maximum atomic E-state index is 13.5. The predicted molar refractivity (Wildman–Crippen MR) is 420 cm³/mol. The van der Waals surface area contributed by atoms with Crippen molar-refractivity contribution in [1.29, 1.82) is 0 Å². The van der Waals surface area contributed by atoms with Crippen LogP contribution < -0.4 is 5.32 Å². The van der Waals surface area contributed by atoms with Crippen LogP contribution in [0.25, 0.3) is 0 Å². The molecule has 0 bridgehead atoms. The Kier molecular flexibility index (Phi) is 60.5. The first-order valence-electron chi connectivity index (χ1n) is 42.7. The number of hydrogen-bond donors (Lipinski definition) is 12. The summed E-state index contributed by atoms with van der Waals surface area (Å²) in [6, 6.07) is -0.995. The fourth-order valence-electron chi connectivity index (χ4n) is 14.2. The van der Waals surface area contributed by atoms with E-state index in [0.29, 0.717) is 12.8 Å². The zero-order valence-corrected chi connectivity index (χ0v) is 65.7. The van der Waals surface area contributed by atoms with Crippen molar-refractivity contribution in [2.75, 3.05) is 26.4 Å². The van der Waals surface area contributed by atoms with Crippen molar-refractivity contribution >= 4 is 5.91 Å². The van der Waals surface area contributed by atoms with E-state index < -0.39 is 124 Å². The number of unbranched alkanes of at least 4 members (excludes halogenated alkanes) is 42. The minimum absolute atomic E-state index is 0.234. The van der Waals surface area contributed by atoms with E-state index in [1.165, 1.54) is 238 Å². The Morgan fingerprint density at radius 2 is 0.667 bits per heavy atom. The summed E-state index contributed by atoms with van der Waals surface area (Å²) in [4.78, 5) is 13.5. The zero-order chi connectivity index (χ0) is 76.0. The number of aliphatic hydroxyl groups excluding tert-OH is 11. The van der Waals surface area contributed by atoms with Gasteiger partial charge in [0.05, 0.1) is 38.6 Å². The zero-order valence-electron chi connectivity index (χ0n) is 65.7. The molecule has 17 atom stereocenters. The number of allylic oxidation sites excluding steroid dienone is 11. The van der Waals surface area contributed by atoms with E-state index >= 15 is 0 Å². The summed E-state index contributed by atoms with van der Waals surface area (Å²) in [5.74, 6) is -0.283. The molecule has 3 aliphatic rings. The molecule has 612 valence electrons. The van der Waals surface area contributed by atoms with Crippen molar-refractivity contribution in [3.63, 3.8) is 0 Å². The fourth-order valence-corrected chi connectivity index (χ4v) is 14.2. The molecule has 17 unspecified atom stereocenters. The van der Waals surface area contributed by atoms with Crippen LogP contribution in [-0.2, 0) is 33.2 Å². The average Bonchev–Trinajstić information content (AvgIpc) is 0.781. The van der Waals surface area contributed by atoms with E-state index in [9.17, 15) is 61.0 Å². The molecule has 12 N–H and O–H groups in total. The quantitative estimate of drug-likeness (QED) is 0.0199. The van der Waals surface area contributed by atoms with Crippen LogP contribution in [0.15, 0.2) is 72.9 Å². The monoisotopic (exact) mass is 1490 g/mol. The molecule has 3 fully saturated rings. The molecule has 105 heavy (non-hydrogen) atoms. The molecule has 3 rings (SSSR count). The van der Waals surface area contributed by atoms with E-state index in [4.69, 9.17) is 28.4 Å². The highest BCUT2D eigenvalue weighted by molar-refractivity contribution is 5.76. The third-order valence-electron chi connectivity index (χ3n) is 21.0. The Hall–Kier alpha value is -2.77. The molecular formula is C86H155NO18. The lowest BCUT2D eigenvalue weighted by molar-refractivity contribution is -0.379. The first kappa shape index (κ1) is 96.4. The molecule has 1 amide bonds. The van der Waals surface area contributed by atoms with Crippen molar-refractivity contribution in [2.24, 2.45) is 0 Å². The number of rotatable bonds is 68. The van der Waals surface area contributed by atoms with Gasteiger partial charge in [-0.2, -0.15) is 0 Å². The van der Waals surface area contributed by atoms with E-state index in [0.717, 1.165) is 64.2 Å². The normalized spacial score (nSPS) is 26.1. The molecule has 0 aromatic carbocycles. The van der Waals surface area contributed by atoms with Gasteiger partial charge < -0.3 is 89.9 Å². The third-order valence-corrected chi connectivity index (χ3v) is 21.0. The number of carbonyl (C=O) groups is 1. The molecule has 0 aromatic heterocycles. The molecule has 0 spiro atoms. The van der Waals surface area contributed by atoms with E-state index in [2.05, 4.69) is 79.9 Å². The van der Waals surface area contributed by atoms with Crippen LogP contribution in [0.3, 0.4) is 0 Å². The SMILES string of the molecule is CC/C=C\C/C=C\C/C=C\C/C=C\CCCCCCCCCCCCCCCCCCC(=O)NC(COC1OC(CO)C(OC2OC(CO)C(OC3OC(CO)C(O)C(O)C3O)C(O)C2O)C(O)C1O)C(O)/C=C/CC/C=C/CCCCCCCCCCCCCCCCCCCCCCCCCCC. The summed E-state index contributed by atoms with van der Waals surface area (Å²) in [7, 11) is 0. The Labute approximate surface area is 636 Å². The summed E-state index contributed by atoms with van der Waals surface area (Å²) < 4.78 is 34.5. The molecule has 0 saturated carbocycles. The van der Waals surface area contributed by atoms with Crippen LogP contribution in [0.2, 0.25) is 0 Å². The van der Waals surface area contributed by atoms with Gasteiger partial charge in [-0.25, -0.2) is 0 Å². The highest BCUT2D eigenvalue weighted by atomic mass is 16.8. The van der Waals surface area contributed by atoms with Gasteiger partial charge in [-0.3, -0.25) is 4.79 Å². The number of aliphatic hydroxyl groups is 11. The Bertz CT molecular complexity index is 2180. The number of carbonyl (C=O) groups excluding carboxylic acids is 1. The lowest BCUT2D eigenvalue weighted by atomic mass is 9.96. The summed E-state index contributed by atoms with van der Waals surface area (Å²) >= 11 is 0. The number of amides is 1. The van der Waals surface area contributed by atoms with Crippen LogP contribution in [0.5, 0.6) is 0 Å². The molecule has 19 nitrogen and oxygen atoms in total. The maximum Gasteiger partial charge on any atom is 0.220 e. The Morgan fingerprint density at radius 1 is 0.352 bits per heavy atom. The van der Waals surface area contributed by atoms with Crippen molar-refractivity contribution in [1.82, 2.24) is 5.32 Å². The first-order valence-corrected chi connectivity index (χ1v) is 42.7. The van der Waals surface area contributed by atoms with Crippen molar-refractivity contribution < 1.29 is 89.4 Å². The van der Waals surface area contributed by atoms with E-state index in [1.54, 1.807) is 6.08 Å². The molecule has 19 heteroatoms. The second-order valence-electron chi connectivity index (χ2n) is 30.3. The number of hydrogen-bond acceptors (Lipinski definition) is 18. The van der Waals surface area contributed by atoms with Gasteiger partial charge in [0, 0.05) is 6.42 Å². The summed E-state index contributed by atoms with van der Waals surface area (Å²) in [5, 5.41) is 121. The number of ether oxygens (including phenoxy) is 6. The lowest BCUT2D eigenvalue weighted by Gasteiger charge is -2.48. The molecule has 0 aromatic rings. The average molecular weight is 1490 g/mol. The molecule has 0 radical (unpaired) electrons. The summed E-state index contributed by atoms with van der Waals surface area (Å²) in [6.45, 7) is 1.65. The molecule has 3 aliphatic heterocycles. The van der Waals surface area contributed by atoms with Crippen LogP contribution in [0, 0.1) is 0 Å². The van der Waals surface area contributed by atoms with Gasteiger partial charge in [0.25, 0.3) is 0 Å². The van der Waals surface area contributed by atoms with Crippen LogP contribution in [0.4, 0.5) is 0 Å². The smallest absolute Gasteiger partial charge is 0.220 e. The fraction of sp³-hybridized carbons (Fsp3) is 0.849. The van der Waals surface area contributed by atoms with Crippen LogP contribution in [-0.4, -0.2) is 193 Å². The van der Waals surface area contributed by atoms with Gasteiger partial charge in [-0.1, -0.05) is 331 Å². The standard InChI is InChI=1S/C86H155NO18/c1-3-5-7-9-11-13-15-17-19-21-23-25-27-29-31-33-34-36-37-39-41-43-45-47-49-51-53-55-57-59-61-63-70(91)69(87-74(92)64-62-60-58-56-54-52-50-48-46-44-42-40-38-35-32-30-28-26-24-22-20-18-16-14-12-10-8-6-4-2)68-100-84-80(98)77(95)82(72(66-89)102-84)105-86-81(99)78(96)83(73(67-90)103-86)104-85-79(97)76(94)75(93)71(65-88)101-85/h6,8,12,14,18,20,24,26,53,55,61,63,69-73,75-86,88-91,93-99H,3-5,7,9-11,13,15-17,19,21-23,25,27-52,54,56-60,62,64-68H2,1-2H3,(H,87,92)/b8-6-,14-12-,20-18-,26-24-,55-53+,63-61+. The highest BCUT2D eigenvalue weighted by Crippen LogP contribution is 2.33. The largest absolute Gasteiger partial charge is 0.394 e. The van der Waals surface area contributed by atoms with Gasteiger partial charge in [0.15, 0.2) is 18.9 Å². The highest BCUT2D eigenvalue weighted by Gasteiger charge is 2.54. The van der Waals surface area contributed by atoms with E-state index in [-0.39, 0.29) is 18.9 Å². The van der Waals surface area contributed by atoms with Crippen LogP contribution >= 0.6 is 0 Å². The number of nitrogens with one attached hydrogen (secondary N) is 1. The summed E-state index contributed by atoms with van der Waals surface area (Å²) in [6.07, 6.45) is 60.5. The Balaban J connectivity index is 1.36. The van der Waals surface area contributed by atoms with Gasteiger partial charge >= 0.3 is 0 Å². The lowest BCUT2D eigenvalue weighted by Crippen LogP contribution is -2.66. The molecule has 3 saturated heterocycles. The summed E-state index contributed by atoms with van der Waals surface area (Å²) in [5.41, 5.74) is 0. The van der Waals surface area contributed by atoms with Gasteiger partial charge in [0.2, 0.25) is 5.91 Å². The predicted octanol–water partition coefficient (Wildman–Crippen LogP) is 15.2. The van der Waals surface area contributed by atoms with E-state index in [1.807, 2.05) is 6.08 Å². The maximum absolute atomic E-state index is 13.5. The van der Waals surface area contributed by atoms with Gasteiger partial charge in [-0.05, 0) is 70.6 Å². The van der Waals surface area contributed by atoms with Crippen molar-refractivity contribution in [3.05, 3.63) is 72.9 Å². The molecule has 0 aliphatic carbocycles. The van der Waals surface area contributed by atoms with Gasteiger partial charge in [-0.15, -0.1) is 0 Å². The van der Waals surface area contributed by atoms with Crippen molar-refractivity contribution in [3.8, 4) is 0 Å². The molecular weight excluding hydrogens is 1330 g/mol.